The highest BCUT2D eigenvalue weighted by Gasteiger charge is 2.22. The van der Waals surface area contributed by atoms with Crippen molar-refractivity contribution in [3.8, 4) is 0 Å². The van der Waals surface area contributed by atoms with Crippen molar-refractivity contribution in [3.63, 3.8) is 0 Å². The molecule has 1 aliphatic rings. The summed E-state index contributed by atoms with van der Waals surface area (Å²) >= 11 is 0. The van der Waals surface area contributed by atoms with Crippen LogP contribution in [0.1, 0.15) is 23.7 Å². The average Bonchev–Trinajstić information content (AvgIpc) is 2.94. The highest BCUT2D eigenvalue weighted by atomic mass is 19.1. The molecule has 140 valence electrons. The number of hydrogen-bond acceptors (Lipinski definition) is 2. The third-order valence-electron chi connectivity index (χ3n) is 5.50. The standard InChI is InChI=1S/C23H26FN3/c1-16(17-5-7-18(24)8-6-17)14-27-22-10-9-19(25(2)3)13-20(22)21-15-26(4)12-11-23(21)27/h5-10,13-14H,11-12,15H2,1-4H3/b16-14-. The van der Waals surface area contributed by atoms with E-state index in [-0.39, 0.29) is 5.82 Å². The smallest absolute Gasteiger partial charge is 0.123 e. The highest BCUT2D eigenvalue weighted by molar-refractivity contribution is 5.92. The lowest BCUT2D eigenvalue weighted by molar-refractivity contribution is 0.312. The Morgan fingerprint density at radius 1 is 1.11 bits per heavy atom. The quantitative estimate of drug-likeness (QED) is 0.659. The largest absolute Gasteiger partial charge is 0.378 e. The monoisotopic (exact) mass is 363 g/mol. The molecule has 0 amide bonds. The van der Waals surface area contributed by atoms with Crippen LogP contribution in [0.2, 0.25) is 0 Å². The molecule has 0 radical (unpaired) electrons. The third-order valence-corrected chi connectivity index (χ3v) is 5.50. The zero-order valence-electron chi connectivity index (χ0n) is 16.5. The molecule has 0 bridgehead atoms. The van der Waals surface area contributed by atoms with Crippen LogP contribution in [0.15, 0.2) is 42.5 Å². The minimum absolute atomic E-state index is 0.199. The Hall–Kier alpha value is -2.59. The topological polar surface area (TPSA) is 11.4 Å². The van der Waals surface area contributed by atoms with Gasteiger partial charge in [-0.3, -0.25) is 0 Å². The summed E-state index contributed by atoms with van der Waals surface area (Å²) in [4.78, 5) is 4.53. The van der Waals surface area contributed by atoms with E-state index in [1.54, 1.807) is 0 Å². The fraction of sp³-hybridized carbons (Fsp3) is 0.304. The van der Waals surface area contributed by atoms with Gasteiger partial charge in [-0.2, -0.15) is 0 Å². The minimum Gasteiger partial charge on any atom is -0.378 e. The van der Waals surface area contributed by atoms with Crippen LogP contribution >= 0.6 is 0 Å². The number of hydrogen-bond donors (Lipinski definition) is 0. The SMILES string of the molecule is C/C(=C/n1c2c(c3cc(N(C)C)ccc31)CN(C)CC2)c1ccc(F)cc1. The summed E-state index contributed by atoms with van der Waals surface area (Å²) < 4.78 is 15.6. The van der Waals surface area contributed by atoms with Crippen LogP contribution in [0.3, 0.4) is 0 Å². The van der Waals surface area contributed by atoms with E-state index in [4.69, 9.17) is 0 Å². The number of rotatable bonds is 3. The van der Waals surface area contributed by atoms with Gasteiger partial charge < -0.3 is 14.4 Å². The lowest BCUT2D eigenvalue weighted by atomic mass is 10.0. The van der Waals surface area contributed by atoms with Crippen LogP contribution in [0.4, 0.5) is 10.1 Å². The number of anilines is 1. The first-order valence-electron chi connectivity index (χ1n) is 9.40. The molecule has 1 aliphatic heterocycles. The Morgan fingerprint density at radius 3 is 2.56 bits per heavy atom. The number of aromatic nitrogens is 1. The van der Waals surface area contributed by atoms with E-state index in [2.05, 4.69) is 66.8 Å². The number of nitrogens with zero attached hydrogens (tertiary/aromatic N) is 3. The second-order valence-corrected chi connectivity index (χ2v) is 7.70. The molecule has 0 N–H and O–H groups in total. The molecule has 27 heavy (non-hydrogen) atoms. The summed E-state index contributed by atoms with van der Waals surface area (Å²) in [7, 11) is 6.34. The summed E-state index contributed by atoms with van der Waals surface area (Å²) in [5, 5.41) is 1.32. The van der Waals surface area contributed by atoms with Crippen molar-refractivity contribution in [2.75, 3.05) is 32.6 Å². The van der Waals surface area contributed by atoms with Gasteiger partial charge in [0, 0.05) is 56.6 Å². The van der Waals surface area contributed by atoms with E-state index in [9.17, 15) is 4.39 Å². The zero-order chi connectivity index (χ0) is 19.1. The summed E-state index contributed by atoms with van der Waals surface area (Å²) in [5.41, 5.74) is 7.44. The molecule has 2 aromatic carbocycles. The maximum absolute atomic E-state index is 13.3. The fourth-order valence-electron chi connectivity index (χ4n) is 3.92. The molecule has 4 heteroatoms. The van der Waals surface area contributed by atoms with E-state index in [1.807, 2.05) is 12.1 Å². The Balaban J connectivity index is 1.89. The van der Waals surface area contributed by atoms with Crippen LogP contribution in [0.25, 0.3) is 22.7 Å². The molecule has 0 spiro atoms. The molecule has 0 aliphatic carbocycles. The number of halogens is 1. The average molecular weight is 363 g/mol. The second kappa shape index (κ2) is 6.86. The molecule has 0 atom stereocenters. The Labute approximate surface area is 160 Å². The number of fused-ring (bicyclic) bond motifs is 3. The van der Waals surface area contributed by atoms with Crippen molar-refractivity contribution >= 4 is 28.4 Å². The molecule has 0 unspecified atom stereocenters. The van der Waals surface area contributed by atoms with Gasteiger partial charge in [-0.15, -0.1) is 0 Å². The van der Waals surface area contributed by atoms with Gasteiger partial charge in [0.25, 0.3) is 0 Å². The third kappa shape index (κ3) is 3.26. The molecule has 3 nitrogen and oxygen atoms in total. The molecule has 0 saturated heterocycles. The van der Waals surface area contributed by atoms with Gasteiger partial charge in [0.05, 0.1) is 5.52 Å². The Bertz CT molecular complexity index is 1010. The van der Waals surface area contributed by atoms with Crippen LogP contribution < -0.4 is 4.90 Å². The molecule has 1 aromatic heterocycles. The van der Waals surface area contributed by atoms with Crippen LogP contribution in [-0.4, -0.2) is 37.2 Å². The summed E-state index contributed by atoms with van der Waals surface area (Å²) in [6.45, 7) is 4.13. The van der Waals surface area contributed by atoms with Crippen LogP contribution in [0, 0.1) is 5.82 Å². The van der Waals surface area contributed by atoms with E-state index < -0.39 is 0 Å². The van der Waals surface area contributed by atoms with Crippen molar-refractivity contribution in [2.45, 2.75) is 19.9 Å². The number of likely N-dealkylation sites (N-methyl/N-ethyl adjacent to an activating group) is 1. The lowest BCUT2D eigenvalue weighted by Gasteiger charge is -2.23. The van der Waals surface area contributed by atoms with Crippen molar-refractivity contribution in [2.24, 2.45) is 0 Å². The zero-order valence-corrected chi connectivity index (χ0v) is 16.5. The normalized spacial score (nSPS) is 15.2. The van der Waals surface area contributed by atoms with E-state index in [1.165, 1.54) is 40.0 Å². The van der Waals surface area contributed by atoms with Gasteiger partial charge >= 0.3 is 0 Å². The van der Waals surface area contributed by atoms with Gasteiger partial charge in [-0.1, -0.05) is 12.1 Å². The van der Waals surface area contributed by atoms with Crippen molar-refractivity contribution in [3.05, 3.63) is 65.1 Å². The Kier molecular flexibility index (Phi) is 4.52. The van der Waals surface area contributed by atoms with Crippen molar-refractivity contribution < 1.29 is 4.39 Å². The second-order valence-electron chi connectivity index (χ2n) is 7.70. The van der Waals surface area contributed by atoms with Gasteiger partial charge in [0.2, 0.25) is 0 Å². The summed E-state index contributed by atoms with van der Waals surface area (Å²) in [6, 6.07) is 13.4. The predicted molar refractivity (Wildman–Crippen MR) is 113 cm³/mol. The number of benzene rings is 2. The van der Waals surface area contributed by atoms with Gasteiger partial charge in [0.15, 0.2) is 0 Å². The first-order valence-corrected chi connectivity index (χ1v) is 9.40. The Morgan fingerprint density at radius 2 is 1.85 bits per heavy atom. The van der Waals surface area contributed by atoms with E-state index >= 15 is 0 Å². The molecule has 2 heterocycles. The molecule has 0 saturated carbocycles. The van der Waals surface area contributed by atoms with E-state index in [0.717, 1.165) is 30.6 Å². The highest BCUT2D eigenvalue weighted by Crippen LogP contribution is 2.34. The van der Waals surface area contributed by atoms with Crippen LogP contribution in [-0.2, 0) is 13.0 Å². The van der Waals surface area contributed by atoms with Gasteiger partial charge in [-0.25, -0.2) is 4.39 Å². The molecular formula is C23H26FN3. The summed E-state index contributed by atoms with van der Waals surface area (Å²) in [6.07, 6.45) is 3.24. The molecular weight excluding hydrogens is 337 g/mol. The van der Waals surface area contributed by atoms with Gasteiger partial charge in [0.1, 0.15) is 5.82 Å². The molecule has 4 rings (SSSR count). The lowest BCUT2D eigenvalue weighted by Crippen LogP contribution is -2.26. The van der Waals surface area contributed by atoms with Gasteiger partial charge in [-0.05, 0) is 61.0 Å². The fourth-order valence-corrected chi connectivity index (χ4v) is 3.92. The maximum atomic E-state index is 13.3. The van der Waals surface area contributed by atoms with Crippen LogP contribution in [0.5, 0.6) is 0 Å². The number of allylic oxidation sites excluding steroid dienone is 1. The first-order chi connectivity index (χ1) is 12.9. The van der Waals surface area contributed by atoms with E-state index in [0.29, 0.717) is 0 Å². The van der Waals surface area contributed by atoms with Crippen molar-refractivity contribution in [1.82, 2.24) is 9.47 Å². The maximum Gasteiger partial charge on any atom is 0.123 e. The summed E-state index contributed by atoms with van der Waals surface area (Å²) in [5.74, 6) is -0.199. The molecule has 3 aromatic rings. The van der Waals surface area contributed by atoms with Crippen molar-refractivity contribution in [1.29, 1.82) is 0 Å². The minimum atomic E-state index is -0.199. The predicted octanol–water partition coefficient (Wildman–Crippen LogP) is 4.85. The first kappa shape index (κ1) is 17.8. The molecule has 0 fully saturated rings.